The highest BCUT2D eigenvalue weighted by Gasteiger charge is 2.17. The number of para-hydroxylation sites is 1. The Kier molecular flexibility index (Phi) is 5.19. The second-order valence-electron chi connectivity index (χ2n) is 6.76. The van der Waals surface area contributed by atoms with Crippen LogP contribution in [0.1, 0.15) is 24.0 Å². The number of fused-ring (bicyclic) bond motifs is 1. The van der Waals surface area contributed by atoms with Gasteiger partial charge in [-0.15, -0.1) is 0 Å². The third-order valence-corrected chi connectivity index (χ3v) is 4.80. The fourth-order valence-corrected chi connectivity index (χ4v) is 3.47. The molecule has 0 radical (unpaired) electrons. The van der Waals surface area contributed by atoms with Crippen molar-refractivity contribution in [1.82, 2.24) is 4.90 Å². The summed E-state index contributed by atoms with van der Waals surface area (Å²) in [5, 5.41) is 0. The molecule has 1 fully saturated rings. The van der Waals surface area contributed by atoms with Crippen LogP contribution in [0.15, 0.2) is 48.5 Å². The number of hydrogen-bond donors (Lipinski definition) is 0. The molecule has 2 aromatic rings. The summed E-state index contributed by atoms with van der Waals surface area (Å²) in [7, 11) is 0. The molecular formula is C21H25NO3. The monoisotopic (exact) mass is 339 g/mol. The molecule has 0 bridgehead atoms. The van der Waals surface area contributed by atoms with Crippen molar-refractivity contribution in [3.05, 3.63) is 59.7 Å². The molecule has 0 aromatic heterocycles. The maximum Gasteiger partial charge on any atom is 0.123 e. The summed E-state index contributed by atoms with van der Waals surface area (Å²) in [6.45, 7) is 4.98. The zero-order chi connectivity index (χ0) is 16.9. The molecule has 1 atom stereocenters. The number of nitrogens with zero attached hydrogens (tertiary/aromatic N) is 1. The Labute approximate surface area is 149 Å². The second kappa shape index (κ2) is 7.89. The first-order valence-electron chi connectivity index (χ1n) is 9.13. The van der Waals surface area contributed by atoms with Gasteiger partial charge in [0.1, 0.15) is 24.7 Å². The van der Waals surface area contributed by atoms with E-state index < -0.39 is 0 Å². The Hall–Kier alpha value is -2.04. The van der Waals surface area contributed by atoms with Gasteiger partial charge < -0.3 is 14.2 Å². The van der Waals surface area contributed by atoms with Crippen molar-refractivity contribution in [3.63, 3.8) is 0 Å². The third kappa shape index (κ3) is 4.33. The van der Waals surface area contributed by atoms with Gasteiger partial charge in [-0.1, -0.05) is 30.3 Å². The molecule has 25 heavy (non-hydrogen) atoms. The number of ether oxygens (including phenoxy) is 3. The maximum atomic E-state index is 5.93. The van der Waals surface area contributed by atoms with E-state index in [1.807, 2.05) is 12.1 Å². The van der Waals surface area contributed by atoms with E-state index in [2.05, 4.69) is 41.3 Å². The molecule has 2 aliphatic rings. The highest BCUT2D eigenvalue weighted by molar-refractivity contribution is 5.34. The van der Waals surface area contributed by atoms with Gasteiger partial charge in [-0.05, 0) is 36.6 Å². The minimum atomic E-state index is 0.253. The summed E-state index contributed by atoms with van der Waals surface area (Å²) in [6, 6.07) is 16.7. The molecule has 0 saturated carbocycles. The molecule has 2 aromatic carbocycles. The minimum absolute atomic E-state index is 0.253. The van der Waals surface area contributed by atoms with Gasteiger partial charge in [0.05, 0.1) is 6.10 Å². The first-order chi connectivity index (χ1) is 12.4. The lowest BCUT2D eigenvalue weighted by molar-refractivity contribution is 0.0679. The summed E-state index contributed by atoms with van der Waals surface area (Å²) in [6.07, 6.45) is 2.50. The van der Waals surface area contributed by atoms with Crippen LogP contribution in [0.4, 0.5) is 0 Å². The van der Waals surface area contributed by atoms with Crippen LogP contribution < -0.4 is 9.47 Å². The van der Waals surface area contributed by atoms with E-state index in [9.17, 15) is 0 Å². The Bertz CT molecular complexity index is 697. The lowest BCUT2D eigenvalue weighted by Gasteiger charge is -2.20. The predicted octanol–water partition coefficient (Wildman–Crippen LogP) is 3.64. The fourth-order valence-electron chi connectivity index (χ4n) is 3.47. The van der Waals surface area contributed by atoms with E-state index in [4.69, 9.17) is 14.2 Å². The van der Waals surface area contributed by atoms with Gasteiger partial charge in [0.25, 0.3) is 0 Å². The lowest BCUT2D eigenvalue weighted by Crippen LogP contribution is -2.25. The maximum absolute atomic E-state index is 5.93. The van der Waals surface area contributed by atoms with Crippen molar-refractivity contribution >= 4 is 0 Å². The first-order valence-corrected chi connectivity index (χ1v) is 9.13. The molecule has 0 N–H and O–H groups in total. The van der Waals surface area contributed by atoms with Gasteiger partial charge >= 0.3 is 0 Å². The van der Waals surface area contributed by atoms with E-state index in [0.717, 1.165) is 57.2 Å². The van der Waals surface area contributed by atoms with Crippen molar-refractivity contribution in [2.75, 3.05) is 26.4 Å². The SMILES string of the molecule is c1cc(CN2CCOc3ccccc3C2)cc(OCC2CCCO2)c1. The van der Waals surface area contributed by atoms with Crippen LogP contribution in [0, 0.1) is 0 Å². The average molecular weight is 339 g/mol. The van der Waals surface area contributed by atoms with Crippen LogP contribution in [0.2, 0.25) is 0 Å². The van der Waals surface area contributed by atoms with Crippen LogP contribution >= 0.6 is 0 Å². The molecule has 2 aliphatic heterocycles. The third-order valence-electron chi connectivity index (χ3n) is 4.80. The van der Waals surface area contributed by atoms with Gasteiger partial charge in [0.2, 0.25) is 0 Å². The van der Waals surface area contributed by atoms with E-state index in [1.54, 1.807) is 0 Å². The van der Waals surface area contributed by atoms with Crippen molar-refractivity contribution in [2.24, 2.45) is 0 Å². The van der Waals surface area contributed by atoms with E-state index in [-0.39, 0.29) is 6.10 Å². The summed E-state index contributed by atoms with van der Waals surface area (Å²) in [5.41, 5.74) is 2.52. The smallest absolute Gasteiger partial charge is 0.123 e. The Balaban J connectivity index is 1.38. The predicted molar refractivity (Wildman–Crippen MR) is 97.0 cm³/mol. The topological polar surface area (TPSA) is 30.9 Å². The quantitative estimate of drug-likeness (QED) is 0.832. The second-order valence-corrected chi connectivity index (χ2v) is 6.76. The molecule has 1 unspecified atom stereocenters. The van der Waals surface area contributed by atoms with Crippen molar-refractivity contribution in [2.45, 2.75) is 32.0 Å². The summed E-state index contributed by atoms with van der Waals surface area (Å²) < 4.78 is 17.4. The van der Waals surface area contributed by atoms with Crippen molar-refractivity contribution < 1.29 is 14.2 Å². The van der Waals surface area contributed by atoms with Crippen LogP contribution in [-0.4, -0.2) is 37.4 Å². The molecule has 0 spiro atoms. The zero-order valence-electron chi connectivity index (χ0n) is 14.5. The molecule has 0 aliphatic carbocycles. The van der Waals surface area contributed by atoms with Gasteiger partial charge in [0, 0.05) is 31.8 Å². The van der Waals surface area contributed by atoms with Gasteiger partial charge in [0.15, 0.2) is 0 Å². The lowest BCUT2D eigenvalue weighted by atomic mass is 10.1. The number of rotatable bonds is 5. The van der Waals surface area contributed by atoms with Gasteiger partial charge in [-0.25, -0.2) is 0 Å². The summed E-state index contributed by atoms with van der Waals surface area (Å²) >= 11 is 0. The highest BCUT2D eigenvalue weighted by atomic mass is 16.5. The molecule has 2 heterocycles. The molecule has 4 nitrogen and oxygen atoms in total. The summed E-state index contributed by atoms with van der Waals surface area (Å²) in [5.74, 6) is 1.94. The molecular weight excluding hydrogens is 314 g/mol. The standard InChI is InChI=1S/C21H25NO3/c1-2-9-21-18(6-1)15-22(10-12-24-21)14-17-5-3-7-19(13-17)25-16-20-8-4-11-23-20/h1-3,5-7,9,13,20H,4,8,10-12,14-16H2. The van der Waals surface area contributed by atoms with E-state index in [1.165, 1.54) is 11.1 Å². The zero-order valence-corrected chi connectivity index (χ0v) is 14.5. The molecule has 132 valence electrons. The summed E-state index contributed by atoms with van der Waals surface area (Å²) in [4.78, 5) is 2.42. The van der Waals surface area contributed by atoms with Crippen LogP contribution in [0.25, 0.3) is 0 Å². The van der Waals surface area contributed by atoms with Crippen molar-refractivity contribution in [1.29, 1.82) is 0 Å². The average Bonchev–Trinajstić information content (AvgIpc) is 3.07. The number of hydrogen-bond acceptors (Lipinski definition) is 4. The van der Waals surface area contributed by atoms with Gasteiger partial charge in [-0.2, -0.15) is 0 Å². The van der Waals surface area contributed by atoms with E-state index >= 15 is 0 Å². The Morgan fingerprint density at radius 2 is 2.04 bits per heavy atom. The fraction of sp³-hybridized carbons (Fsp3) is 0.429. The Morgan fingerprint density at radius 3 is 2.96 bits per heavy atom. The van der Waals surface area contributed by atoms with Crippen LogP contribution in [-0.2, 0) is 17.8 Å². The molecule has 4 heteroatoms. The first kappa shape index (κ1) is 16.4. The molecule has 4 rings (SSSR count). The molecule has 1 saturated heterocycles. The Morgan fingerprint density at radius 1 is 1.08 bits per heavy atom. The minimum Gasteiger partial charge on any atom is -0.492 e. The highest BCUT2D eigenvalue weighted by Crippen LogP contribution is 2.24. The van der Waals surface area contributed by atoms with Crippen LogP contribution in [0.5, 0.6) is 11.5 Å². The normalized spacial score (nSPS) is 20.6. The largest absolute Gasteiger partial charge is 0.492 e. The van der Waals surface area contributed by atoms with Gasteiger partial charge in [-0.3, -0.25) is 4.90 Å². The molecule has 0 amide bonds. The van der Waals surface area contributed by atoms with Crippen molar-refractivity contribution in [3.8, 4) is 11.5 Å². The van der Waals surface area contributed by atoms with Crippen LogP contribution in [0.3, 0.4) is 0 Å². The van der Waals surface area contributed by atoms with E-state index in [0.29, 0.717) is 6.61 Å². The number of benzene rings is 2.